The molecule has 1 aromatic rings. The number of aliphatic hydroxyl groups is 1. The Bertz CT molecular complexity index is 763. The zero-order chi connectivity index (χ0) is 24.6. The summed E-state index contributed by atoms with van der Waals surface area (Å²) in [4.78, 5) is 37.3. The van der Waals surface area contributed by atoms with Crippen molar-refractivity contribution in [2.75, 3.05) is 13.2 Å². The molecule has 0 bridgehead atoms. The van der Waals surface area contributed by atoms with E-state index < -0.39 is 12.0 Å². The number of ether oxygens (including phenoxy) is 1. The molecule has 3 N–H and O–H groups in total. The molecule has 0 saturated heterocycles. The largest absolute Gasteiger partial charge is 0.463 e. The molecule has 0 aliphatic carbocycles. The molecule has 0 saturated carbocycles. The molecule has 2 amide bonds. The number of hydrogen-bond acceptors (Lipinski definition) is 5. The summed E-state index contributed by atoms with van der Waals surface area (Å²) >= 11 is 0. The first-order valence-electron chi connectivity index (χ1n) is 11.4. The first-order valence-corrected chi connectivity index (χ1v) is 11.4. The molecule has 0 aliphatic rings. The fourth-order valence-electron chi connectivity index (χ4n) is 3.23. The van der Waals surface area contributed by atoms with Crippen LogP contribution in [0.1, 0.15) is 45.1 Å². The van der Waals surface area contributed by atoms with Crippen LogP contribution in [-0.2, 0) is 25.5 Å². The second kappa shape index (κ2) is 15.8. The predicted octanol–water partition coefficient (Wildman–Crippen LogP) is 2.94. The number of rotatable bonds is 16. The van der Waals surface area contributed by atoms with Crippen LogP contribution in [0.25, 0.3) is 0 Å². The molecule has 182 valence electrons. The SMILES string of the molecule is C=CCCC(=O)OC[C@@H](NC(=O)[C@H](CC=C)CC(=O)N[C@@H](CO)Cc1ccccc1)C(C)C. The third kappa shape index (κ3) is 11.5. The quantitative estimate of drug-likeness (QED) is 0.261. The van der Waals surface area contributed by atoms with E-state index in [1.165, 1.54) is 0 Å². The molecular weight excluding hydrogens is 420 g/mol. The highest BCUT2D eigenvalue weighted by Gasteiger charge is 2.26. The van der Waals surface area contributed by atoms with Crippen molar-refractivity contribution in [3.8, 4) is 0 Å². The zero-order valence-electron chi connectivity index (χ0n) is 19.8. The Morgan fingerprint density at radius 2 is 1.79 bits per heavy atom. The molecule has 1 aromatic carbocycles. The molecule has 0 aromatic heterocycles. The Kier molecular flexibility index (Phi) is 13.5. The van der Waals surface area contributed by atoms with Gasteiger partial charge < -0.3 is 20.5 Å². The first-order chi connectivity index (χ1) is 15.8. The third-order valence-electron chi connectivity index (χ3n) is 5.27. The lowest BCUT2D eigenvalue weighted by atomic mass is 9.97. The summed E-state index contributed by atoms with van der Waals surface area (Å²) < 4.78 is 5.28. The number of allylic oxidation sites excluding steroid dienone is 2. The van der Waals surface area contributed by atoms with E-state index in [0.29, 0.717) is 19.3 Å². The van der Waals surface area contributed by atoms with E-state index in [0.717, 1.165) is 5.56 Å². The smallest absolute Gasteiger partial charge is 0.306 e. The van der Waals surface area contributed by atoms with Gasteiger partial charge in [-0.2, -0.15) is 0 Å². The highest BCUT2D eigenvalue weighted by molar-refractivity contribution is 5.86. The summed E-state index contributed by atoms with van der Waals surface area (Å²) in [5.41, 5.74) is 1.000. The van der Waals surface area contributed by atoms with Crippen molar-refractivity contribution in [2.24, 2.45) is 11.8 Å². The van der Waals surface area contributed by atoms with Gasteiger partial charge >= 0.3 is 5.97 Å². The monoisotopic (exact) mass is 458 g/mol. The van der Waals surface area contributed by atoms with Gasteiger partial charge in [0, 0.05) is 12.8 Å². The van der Waals surface area contributed by atoms with Crippen LogP contribution in [0.3, 0.4) is 0 Å². The standard InChI is InChI=1S/C26H38N2O5/c1-5-7-14-25(31)33-18-23(19(3)4)28-26(32)21(11-6-2)16-24(30)27-22(17-29)15-20-12-9-8-10-13-20/h5-6,8-10,12-13,19,21-23,29H,1-2,7,11,14-18H2,3-4H3,(H,27,30)(H,28,32)/t21-,22-,23-/m1/s1. The number of esters is 1. The van der Waals surface area contributed by atoms with Gasteiger partial charge in [-0.25, -0.2) is 0 Å². The minimum Gasteiger partial charge on any atom is -0.463 e. The molecule has 3 atom stereocenters. The minimum atomic E-state index is -0.615. The molecule has 33 heavy (non-hydrogen) atoms. The summed E-state index contributed by atoms with van der Waals surface area (Å²) in [5.74, 6) is -1.54. The van der Waals surface area contributed by atoms with E-state index in [1.54, 1.807) is 12.2 Å². The van der Waals surface area contributed by atoms with Crippen LogP contribution < -0.4 is 10.6 Å². The molecule has 0 spiro atoms. The Hall–Kier alpha value is -2.93. The number of hydrogen-bond donors (Lipinski definition) is 3. The molecular formula is C26H38N2O5. The Morgan fingerprint density at radius 1 is 1.09 bits per heavy atom. The fraction of sp³-hybridized carbons (Fsp3) is 0.500. The van der Waals surface area contributed by atoms with Crippen molar-refractivity contribution in [3.05, 3.63) is 61.2 Å². The van der Waals surface area contributed by atoms with Crippen LogP contribution in [0.4, 0.5) is 0 Å². The maximum absolute atomic E-state index is 12.9. The van der Waals surface area contributed by atoms with Crippen molar-refractivity contribution in [1.29, 1.82) is 0 Å². The van der Waals surface area contributed by atoms with Gasteiger partial charge in [0.05, 0.1) is 24.6 Å². The maximum atomic E-state index is 12.9. The lowest BCUT2D eigenvalue weighted by Gasteiger charge is -2.25. The van der Waals surface area contributed by atoms with Gasteiger partial charge in [0.25, 0.3) is 0 Å². The maximum Gasteiger partial charge on any atom is 0.306 e. The lowest BCUT2D eigenvalue weighted by molar-refractivity contribution is -0.145. The van der Waals surface area contributed by atoms with Crippen LogP contribution in [0.15, 0.2) is 55.6 Å². The van der Waals surface area contributed by atoms with Crippen LogP contribution in [0.2, 0.25) is 0 Å². The van der Waals surface area contributed by atoms with Gasteiger partial charge in [0.1, 0.15) is 6.61 Å². The Labute approximate surface area is 197 Å². The normalized spacial score (nSPS) is 13.5. The van der Waals surface area contributed by atoms with E-state index in [-0.39, 0.29) is 55.8 Å². The van der Waals surface area contributed by atoms with Crippen molar-refractivity contribution in [3.63, 3.8) is 0 Å². The average Bonchev–Trinajstić information content (AvgIpc) is 2.79. The molecule has 0 fully saturated rings. The number of carbonyl (C=O) groups excluding carboxylic acids is 3. The van der Waals surface area contributed by atoms with Crippen molar-refractivity contribution >= 4 is 17.8 Å². The highest BCUT2D eigenvalue weighted by Crippen LogP contribution is 2.13. The highest BCUT2D eigenvalue weighted by atomic mass is 16.5. The summed E-state index contributed by atoms with van der Waals surface area (Å²) in [6, 6.07) is 8.75. The van der Waals surface area contributed by atoms with Crippen molar-refractivity contribution < 1.29 is 24.2 Å². The fourth-order valence-corrected chi connectivity index (χ4v) is 3.23. The van der Waals surface area contributed by atoms with Crippen molar-refractivity contribution in [1.82, 2.24) is 10.6 Å². The van der Waals surface area contributed by atoms with Gasteiger partial charge in [-0.05, 0) is 30.7 Å². The second-order valence-corrected chi connectivity index (χ2v) is 8.43. The van der Waals surface area contributed by atoms with Crippen LogP contribution in [-0.4, -0.2) is 48.2 Å². The zero-order valence-corrected chi connectivity index (χ0v) is 19.8. The van der Waals surface area contributed by atoms with E-state index >= 15 is 0 Å². The summed E-state index contributed by atoms with van der Waals surface area (Å²) in [5, 5.41) is 15.4. The molecule has 0 unspecified atom stereocenters. The molecule has 0 heterocycles. The van der Waals surface area contributed by atoms with E-state index in [1.807, 2.05) is 44.2 Å². The number of aliphatic hydroxyl groups excluding tert-OH is 1. The number of benzene rings is 1. The van der Waals surface area contributed by atoms with E-state index in [4.69, 9.17) is 4.74 Å². The molecule has 7 heteroatoms. The van der Waals surface area contributed by atoms with Crippen LogP contribution in [0.5, 0.6) is 0 Å². The molecule has 0 aliphatic heterocycles. The first kappa shape index (κ1) is 28.1. The lowest BCUT2D eigenvalue weighted by Crippen LogP contribution is -2.46. The van der Waals surface area contributed by atoms with Gasteiger partial charge in [-0.3, -0.25) is 14.4 Å². The second-order valence-electron chi connectivity index (χ2n) is 8.43. The molecule has 7 nitrogen and oxygen atoms in total. The van der Waals surface area contributed by atoms with Gasteiger partial charge in [-0.15, -0.1) is 13.2 Å². The number of carbonyl (C=O) groups is 3. The topological polar surface area (TPSA) is 105 Å². The summed E-state index contributed by atoms with van der Waals surface area (Å²) in [6.07, 6.45) is 4.82. The molecule has 1 rings (SSSR count). The summed E-state index contributed by atoms with van der Waals surface area (Å²) in [7, 11) is 0. The third-order valence-corrected chi connectivity index (χ3v) is 5.27. The summed E-state index contributed by atoms with van der Waals surface area (Å²) in [6.45, 7) is 11.0. The van der Waals surface area contributed by atoms with Crippen LogP contribution in [0, 0.1) is 11.8 Å². The van der Waals surface area contributed by atoms with E-state index in [9.17, 15) is 19.5 Å². The van der Waals surface area contributed by atoms with Gasteiger partial charge in [0.2, 0.25) is 11.8 Å². The number of nitrogens with one attached hydrogen (secondary N) is 2. The minimum absolute atomic E-state index is 0.0315. The number of amides is 2. The predicted molar refractivity (Wildman–Crippen MR) is 129 cm³/mol. The van der Waals surface area contributed by atoms with Crippen LogP contribution >= 0.6 is 0 Å². The Morgan fingerprint density at radius 3 is 2.36 bits per heavy atom. The Balaban J connectivity index is 2.67. The van der Waals surface area contributed by atoms with Gasteiger partial charge in [0.15, 0.2) is 0 Å². The molecule has 0 radical (unpaired) electrons. The van der Waals surface area contributed by atoms with Gasteiger partial charge in [-0.1, -0.05) is 56.3 Å². The average molecular weight is 459 g/mol. The van der Waals surface area contributed by atoms with Crippen molar-refractivity contribution in [2.45, 2.75) is 58.0 Å². The van der Waals surface area contributed by atoms with E-state index in [2.05, 4.69) is 23.8 Å².